The smallest absolute Gasteiger partial charge is 0.305 e. The number of primary amides is 1. The number of aromatic amines is 3. The molecule has 3 aromatic heterocycles. The molecule has 0 unspecified atom stereocenters. The Hall–Kier alpha value is -10.3. The third-order valence-corrected chi connectivity index (χ3v) is 21.3. The third-order valence-electron chi connectivity index (χ3n) is 19.2. The van der Waals surface area contributed by atoms with Crippen LogP contribution in [0.1, 0.15) is 111 Å². The fraction of sp³-hybridized carbons (Fsp3) is 0.440. The highest BCUT2D eigenvalue weighted by molar-refractivity contribution is 7.98. The molecule has 5 heterocycles. The highest BCUT2D eigenvalue weighted by Crippen LogP contribution is 2.28. The fourth-order valence-corrected chi connectivity index (χ4v) is 15.4. The summed E-state index contributed by atoms with van der Waals surface area (Å²) in [6, 6.07) is 10.4. The Morgan fingerprint density at radius 3 is 1.84 bits per heavy atom. The molecule has 1 saturated heterocycles. The normalized spacial score (nSPS) is 22.4. The number of amides is 10. The number of hydrogen-bond acceptors (Lipinski definition) is 16. The van der Waals surface area contributed by atoms with E-state index in [1.807, 2.05) is 24.3 Å². The molecule has 2 aliphatic heterocycles. The van der Waals surface area contributed by atoms with Crippen LogP contribution in [0.15, 0.2) is 110 Å². The van der Waals surface area contributed by atoms with Gasteiger partial charge in [-0.25, -0.2) is 13.8 Å². The van der Waals surface area contributed by atoms with Gasteiger partial charge in [0.05, 0.1) is 25.9 Å². The van der Waals surface area contributed by atoms with E-state index in [2.05, 4.69) is 62.5 Å². The van der Waals surface area contributed by atoms with Gasteiger partial charge >= 0.3 is 5.97 Å². The first-order valence-electron chi connectivity index (χ1n) is 36.0. The number of thioether (sulfide) groups is 2. The number of ether oxygens (including phenoxy) is 1. The molecule has 570 valence electrons. The standard InChI is InChI=1S/C75H91F2N15O13S2/c76-49-16-20-55-53(30-49)47(34-81-55)28-58-70(99)87-59(29-48-35-82-56-21-17-50(77)31-54(48)56)71(100)89-61(33-67(95)96)73(102)88-60(32-51-36-80-42-84-51)72(101)90-62(27-43-14-18-52(19-15-43)105-38-44-8-2-1-3-9-44)75(104)92-24-7-13-64(92)74(103)91-63(68(79)97)41-107-40-46-11-6-10-45(26-46)39-106-25-22-65(93)85-57(12-4-5-23-78)69(98)83-37-66(94)86-58/h6,10-11,14-21,26,30-31,34-36,42,44,57-64,81-82H,1-5,7-9,12-13,22-25,27-29,32-33,37-41,78H2,(H2,79,97)(H,80,84)(H,83,98)(H,85,93)(H,86,94)(H,87,99)(H,88,102)(H,89,100)(H,90,101)(H,91,103)(H,95,96)/t57-,58-,59-,60-,61-,62-,63-,64-/m0/s1. The molecule has 8 atom stereocenters. The van der Waals surface area contributed by atoms with E-state index in [1.54, 1.807) is 24.3 Å². The molecule has 16 N–H and O–H groups in total. The van der Waals surface area contributed by atoms with Crippen molar-refractivity contribution in [2.45, 2.75) is 163 Å². The van der Waals surface area contributed by atoms with Crippen LogP contribution < -0.4 is 58.7 Å². The molecule has 1 saturated carbocycles. The summed E-state index contributed by atoms with van der Waals surface area (Å²) >= 11 is 2.82. The number of carboxylic acid groups (broad SMARTS) is 1. The van der Waals surface area contributed by atoms with Gasteiger partial charge in [0.2, 0.25) is 59.1 Å². The average Bonchev–Trinajstić information content (AvgIpc) is 1.68. The highest BCUT2D eigenvalue weighted by atomic mass is 32.2. The molecule has 2 fully saturated rings. The van der Waals surface area contributed by atoms with E-state index < -0.39 is 144 Å². The number of aromatic nitrogens is 4. The predicted octanol–water partition coefficient (Wildman–Crippen LogP) is 4.04. The number of fused-ring (bicyclic) bond motifs is 5. The number of carbonyl (C=O) groups excluding carboxylic acids is 10. The van der Waals surface area contributed by atoms with Gasteiger partial charge in [-0.3, -0.25) is 52.7 Å². The van der Waals surface area contributed by atoms with E-state index in [4.69, 9.17) is 16.2 Å². The van der Waals surface area contributed by atoms with Crippen LogP contribution >= 0.6 is 23.5 Å². The molecule has 28 nitrogen and oxygen atoms in total. The lowest BCUT2D eigenvalue weighted by Crippen LogP contribution is -2.61. The molecule has 2 bridgehead atoms. The Kier molecular flexibility index (Phi) is 28.7. The van der Waals surface area contributed by atoms with Gasteiger partial charge < -0.3 is 83.7 Å². The van der Waals surface area contributed by atoms with Crippen molar-refractivity contribution in [3.8, 4) is 5.75 Å². The number of benzene rings is 4. The number of unbranched alkanes of at least 4 members (excludes halogenated alkanes) is 1. The first-order chi connectivity index (χ1) is 51.6. The summed E-state index contributed by atoms with van der Waals surface area (Å²) in [5, 5.41) is 32.2. The summed E-state index contributed by atoms with van der Waals surface area (Å²) in [5.41, 5.74) is 15.8. The Morgan fingerprint density at radius 1 is 0.607 bits per heavy atom. The van der Waals surface area contributed by atoms with Gasteiger partial charge in [0.15, 0.2) is 0 Å². The van der Waals surface area contributed by atoms with Gasteiger partial charge in [-0.2, -0.15) is 23.5 Å². The maximum Gasteiger partial charge on any atom is 0.305 e. The Morgan fingerprint density at radius 2 is 1.21 bits per heavy atom. The molecule has 32 heteroatoms. The number of carboxylic acids is 1. The number of carbonyl (C=O) groups is 11. The lowest BCUT2D eigenvalue weighted by molar-refractivity contribution is -0.143. The summed E-state index contributed by atoms with van der Waals surface area (Å²) in [6.07, 6.45) is 10.3. The van der Waals surface area contributed by atoms with Gasteiger partial charge in [-0.15, -0.1) is 0 Å². The number of H-pyrrole nitrogens is 3. The Labute approximate surface area is 624 Å². The Balaban J connectivity index is 0.974. The number of halogens is 2. The summed E-state index contributed by atoms with van der Waals surface area (Å²) in [7, 11) is 0. The van der Waals surface area contributed by atoms with Gasteiger partial charge in [-0.05, 0) is 134 Å². The fourth-order valence-electron chi connectivity index (χ4n) is 13.5. The van der Waals surface area contributed by atoms with E-state index in [0.29, 0.717) is 88.9 Å². The van der Waals surface area contributed by atoms with Crippen molar-refractivity contribution in [2.75, 3.05) is 37.7 Å². The van der Waals surface area contributed by atoms with Crippen molar-refractivity contribution in [2.24, 2.45) is 17.4 Å². The molecule has 10 amide bonds. The van der Waals surface area contributed by atoms with E-state index in [1.165, 1.54) is 96.2 Å². The van der Waals surface area contributed by atoms with Crippen molar-refractivity contribution in [3.63, 3.8) is 0 Å². The number of nitrogens with one attached hydrogen (secondary N) is 11. The first-order valence-corrected chi connectivity index (χ1v) is 38.3. The first kappa shape index (κ1) is 79.2. The minimum absolute atomic E-state index is 0.0155. The second-order valence-corrected chi connectivity index (χ2v) is 29.4. The van der Waals surface area contributed by atoms with E-state index >= 15 is 23.6 Å². The van der Waals surface area contributed by atoms with Crippen LogP contribution in [-0.2, 0) is 89.9 Å². The van der Waals surface area contributed by atoms with Crippen molar-refractivity contribution < 1.29 is 71.4 Å². The van der Waals surface area contributed by atoms with Crippen molar-refractivity contribution >= 4 is 110 Å². The van der Waals surface area contributed by atoms with Crippen LogP contribution in [0.3, 0.4) is 0 Å². The number of nitrogens with zero attached hydrogens (tertiary/aromatic N) is 2. The lowest BCUT2D eigenvalue weighted by Gasteiger charge is -2.31. The number of nitrogens with two attached hydrogens (primary N) is 2. The topological polar surface area (TPSA) is 429 Å². The van der Waals surface area contributed by atoms with E-state index in [9.17, 15) is 43.1 Å². The zero-order chi connectivity index (χ0) is 75.9. The van der Waals surface area contributed by atoms with Crippen LogP contribution in [-0.4, -0.2) is 181 Å². The van der Waals surface area contributed by atoms with Gasteiger partial charge in [0, 0.05) is 108 Å². The van der Waals surface area contributed by atoms with Crippen molar-refractivity contribution in [1.82, 2.24) is 67.4 Å². The van der Waals surface area contributed by atoms with Crippen molar-refractivity contribution in [3.05, 3.63) is 155 Å². The van der Waals surface area contributed by atoms with Crippen LogP contribution in [0, 0.1) is 17.6 Å². The minimum atomic E-state index is -2.03. The van der Waals surface area contributed by atoms with Gasteiger partial charge in [0.1, 0.15) is 65.7 Å². The van der Waals surface area contributed by atoms with Crippen molar-refractivity contribution in [1.29, 1.82) is 0 Å². The van der Waals surface area contributed by atoms with E-state index in [0.717, 1.165) is 36.8 Å². The maximum atomic E-state index is 15.3. The zero-order valence-corrected chi connectivity index (χ0v) is 60.7. The second-order valence-electron chi connectivity index (χ2n) is 27.2. The molecular formula is C75H91F2N15O13S2. The number of hydrogen-bond donors (Lipinski definition) is 14. The summed E-state index contributed by atoms with van der Waals surface area (Å²) in [6.45, 7) is 0.147. The molecule has 7 aromatic rings. The molecule has 10 rings (SSSR count). The molecule has 0 radical (unpaired) electrons. The number of rotatable bonds is 18. The van der Waals surface area contributed by atoms with E-state index in [-0.39, 0.29) is 67.5 Å². The molecule has 107 heavy (non-hydrogen) atoms. The zero-order valence-electron chi connectivity index (χ0n) is 59.0. The average molecular weight is 1510 g/mol. The minimum Gasteiger partial charge on any atom is -0.493 e. The largest absolute Gasteiger partial charge is 0.493 e. The van der Waals surface area contributed by atoms with Gasteiger partial charge in [0.25, 0.3) is 0 Å². The summed E-state index contributed by atoms with van der Waals surface area (Å²) < 4.78 is 36.1. The Bertz CT molecular complexity index is 4290. The predicted molar refractivity (Wildman–Crippen MR) is 397 cm³/mol. The summed E-state index contributed by atoms with van der Waals surface area (Å²) in [4.78, 5) is 172. The number of aliphatic carboxylic acids is 1. The molecule has 0 spiro atoms. The highest BCUT2D eigenvalue weighted by Gasteiger charge is 2.41. The van der Waals surface area contributed by atoms with Crippen LogP contribution in [0.4, 0.5) is 8.78 Å². The van der Waals surface area contributed by atoms with Gasteiger partial charge in [-0.1, -0.05) is 55.7 Å². The second kappa shape index (κ2) is 38.8. The van der Waals surface area contributed by atoms with Crippen LogP contribution in [0.2, 0.25) is 0 Å². The lowest BCUT2D eigenvalue weighted by atomic mass is 9.90. The third kappa shape index (κ3) is 23.1. The molecule has 3 aliphatic rings. The van der Waals surface area contributed by atoms with Crippen LogP contribution in [0.25, 0.3) is 21.8 Å². The molecular weight excluding hydrogens is 1420 g/mol. The quantitative estimate of drug-likeness (QED) is 0.0539. The SMILES string of the molecule is NCCCC[C@@H]1NC(=O)CCSCc2cccc(c2)CSC[C@@H](C(N)=O)NC(=O)[C@@H]2CCCN2C(=O)[C@H](Cc2ccc(OCC3CCCCC3)cc2)NC(=O)[C@H](Cc2cnc[nH]2)NC(=O)[C@H](CC(=O)O)NC(=O)[C@H](Cc2c[nH]c3ccc(F)cc23)NC(=O)[C@H](Cc2c[nH]c3ccc(F)cc23)NC(=O)CNC1=O. The molecule has 4 aromatic carbocycles. The van der Waals surface area contributed by atoms with Crippen LogP contribution in [0.5, 0.6) is 5.75 Å². The maximum absolute atomic E-state index is 15.3. The number of imidazole rings is 1. The summed E-state index contributed by atoms with van der Waals surface area (Å²) in [5.74, 6) is -9.26. The molecule has 1 aliphatic carbocycles. The monoisotopic (exact) mass is 1510 g/mol.